The second kappa shape index (κ2) is 10.2. The van der Waals surface area contributed by atoms with Crippen LogP contribution in [0.4, 0.5) is 11.4 Å². The molecule has 2 N–H and O–H groups in total. The zero-order chi connectivity index (χ0) is 24.2. The summed E-state index contributed by atoms with van der Waals surface area (Å²) in [6, 6.07) is 23.3. The molecular formula is C29H29N3O3. The monoisotopic (exact) mass is 467 g/mol. The Bertz CT molecular complexity index is 1260. The first-order valence-electron chi connectivity index (χ1n) is 12.0. The molecule has 3 aromatic carbocycles. The number of benzene rings is 3. The van der Waals surface area contributed by atoms with Gasteiger partial charge < -0.3 is 15.4 Å². The quantitative estimate of drug-likeness (QED) is 0.376. The fourth-order valence-corrected chi connectivity index (χ4v) is 4.76. The molecule has 2 heterocycles. The Morgan fingerprint density at radius 1 is 0.943 bits per heavy atom. The van der Waals surface area contributed by atoms with Gasteiger partial charge in [0.25, 0.3) is 5.91 Å². The van der Waals surface area contributed by atoms with Crippen molar-refractivity contribution in [3.8, 4) is 0 Å². The van der Waals surface area contributed by atoms with Gasteiger partial charge in [0.2, 0.25) is 0 Å². The number of nitrogens with zero attached hydrogens (tertiary/aromatic N) is 1. The third-order valence-electron chi connectivity index (χ3n) is 6.58. The van der Waals surface area contributed by atoms with Crippen molar-refractivity contribution in [3.63, 3.8) is 0 Å². The fourth-order valence-electron chi connectivity index (χ4n) is 4.76. The number of carbonyl (C=O) groups excluding carboxylic acids is 2. The molecule has 2 aliphatic heterocycles. The molecule has 178 valence electrons. The van der Waals surface area contributed by atoms with E-state index in [1.807, 2.05) is 30.3 Å². The average molecular weight is 468 g/mol. The zero-order valence-corrected chi connectivity index (χ0v) is 19.8. The van der Waals surface area contributed by atoms with Crippen LogP contribution in [-0.2, 0) is 16.1 Å². The minimum absolute atomic E-state index is 0.213. The summed E-state index contributed by atoms with van der Waals surface area (Å²) in [7, 11) is 1.35. The predicted octanol–water partition coefficient (Wildman–Crippen LogP) is 5.39. The highest BCUT2D eigenvalue weighted by molar-refractivity contribution is 6.37. The number of hydrogen-bond acceptors (Lipinski definition) is 5. The van der Waals surface area contributed by atoms with Crippen LogP contribution in [-0.4, -0.2) is 37.0 Å². The summed E-state index contributed by atoms with van der Waals surface area (Å²) >= 11 is 0. The van der Waals surface area contributed by atoms with Gasteiger partial charge >= 0.3 is 5.97 Å². The molecule has 0 radical (unpaired) electrons. The van der Waals surface area contributed by atoms with Crippen LogP contribution >= 0.6 is 0 Å². The minimum Gasteiger partial charge on any atom is -0.465 e. The van der Waals surface area contributed by atoms with Crippen molar-refractivity contribution in [2.45, 2.75) is 25.8 Å². The van der Waals surface area contributed by atoms with E-state index in [1.165, 1.54) is 31.9 Å². The molecule has 0 unspecified atom stereocenters. The van der Waals surface area contributed by atoms with Crippen molar-refractivity contribution in [1.82, 2.24) is 4.90 Å². The van der Waals surface area contributed by atoms with Crippen molar-refractivity contribution >= 4 is 34.5 Å². The number of amides is 1. The lowest BCUT2D eigenvalue weighted by molar-refractivity contribution is -0.110. The number of fused-ring (bicyclic) bond motifs is 1. The number of likely N-dealkylation sites (tertiary alicyclic amines) is 1. The maximum absolute atomic E-state index is 13.1. The van der Waals surface area contributed by atoms with E-state index in [9.17, 15) is 9.59 Å². The summed E-state index contributed by atoms with van der Waals surface area (Å²) in [6.07, 6.45) is 3.87. The molecule has 2 aliphatic rings. The number of hydrogen-bond donors (Lipinski definition) is 2. The van der Waals surface area contributed by atoms with Gasteiger partial charge in [0.1, 0.15) is 0 Å². The van der Waals surface area contributed by atoms with Gasteiger partial charge in [-0.3, -0.25) is 9.69 Å². The van der Waals surface area contributed by atoms with Crippen LogP contribution in [0.25, 0.3) is 11.3 Å². The summed E-state index contributed by atoms with van der Waals surface area (Å²) < 4.78 is 4.89. The van der Waals surface area contributed by atoms with Crippen molar-refractivity contribution in [3.05, 3.63) is 95.1 Å². The second-order valence-corrected chi connectivity index (χ2v) is 8.98. The smallest absolute Gasteiger partial charge is 0.337 e. The molecule has 1 fully saturated rings. The SMILES string of the molecule is COC(=O)c1ccc2c(c1)/C(=C(/Nc1ccc(CN3CCCCC3)cc1)c1ccccc1)C(=O)N2. The summed E-state index contributed by atoms with van der Waals surface area (Å²) in [5.74, 6) is -0.653. The van der Waals surface area contributed by atoms with E-state index in [4.69, 9.17) is 4.74 Å². The summed E-state index contributed by atoms with van der Waals surface area (Å²) in [5.41, 5.74) is 5.97. The molecule has 0 aromatic heterocycles. The molecule has 1 saturated heterocycles. The van der Waals surface area contributed by atoms with E-state index >= 15 is 0 Å². The Balaban J connectivity index is 1.50. The Morgan fingerprint density at radius 3 is 2.40 bits per heavy atom. The lowest BCUT2D eigenvalue weighted by Gasteiger charge is -2.26. The van der Waals surface area contributed by atoms with Gasteiger partial charge in [-0.2, -0.15) is 0 Å². The number of anilines is 2. The molecular weight excluding hydrogens is 438 g/mol. The second-order valence-electron chi connectivity index (χ2n) is 8.98. The number of piperidine rings is 1. The number of nitrogens with one attached hydrogen (secondary N) is 2. The number of methoxy groups -OCH3 is 1. The highest BCUT2D eigenvalue weighted by atomic mass is 16.5. The van der Waals surface area contributed by atoms with E-state index in [0.717, 1.165) is 30.9 Å². The first-order chi connectivity index (χ1) is 17.1. The van der Waals surface area contributed by atoms with Crippen LogP contribution < -0.4 is 10.6 Å². The molecule has 0 spiro atoms. The fraction of sp³-hybridized carbons (Fsp3) is 0.241. The predicted molar refractivity (Wildman–Crippen MR) is 139 cm³/mol. The zero-order valence-electron chi connectivity index (χ0n) is 19.8. The van der Waals surface area contributed by atoms with Crippen LogP contribution in [0, 0.1) is 0 Å². The number of esters is 1. The van der Waals surface area contributed by atoms with Crippen LogP contribution in [0.2, 0.25) is 0 Å². The molecule has 0 bridgehead atoms. The Labute approximate surface area is 205 Å². The standard InChI is InChI=1S/C29H29N3O3/c1-35-29(34)22-12-15-25-24(18-22)26(28(33)31-25)27(21-8-4-2-5-9-21)30-23-13-10-20(11-14-23)19-32-16-6-3-7-17-32/h2,4-5,8-15,18,30H,3,6-7,16-17,19H2,1H3,(H,31,33)/b27-26-. The summed E-state index contributed by atoms with van der Waals surface area (Å²) in [5, 5.41) is 6.42. The molecule has 3 aromatic rings. The third kappa shape index (κ3) is 4.98. The van der Waals surface area contributed by atoms with Gasteiger partial charge in [-0.25, -0.2) is 4.79 Å². The van der Waals surface area contributed by atoms with Gasteiger partial charge in [0, 0.05) is 23.5 Å². The van der Waals surface area contributed by atoms with Gasteiger partial charge in [-0.15, -0.1) is 0 Å². The van der Waals surface area contributed by atoms with Gasteiger partial charge in [-0.05, 0) is 67.4 Å². The minimum atomic E-state index is -0.440. The summed E-state index contributed by atoms with van der Waals surface area (Å²) in [6.45, 7) is 3.28. The van der Waals surface area contributed by atoms with E-state index in [1.54, 1.807) is 18.2 Å². The van der Waals surface area contributed by atoms with Crippen molar-refractivity contribution in [2.24, 2.45) is 0 Å². The average Bonchev–Trinajstić information content (AvgIpc) is 3.23. The molecule has 0 atom stereocenters. The van der Waals surface area contributed by atoms with Crippen LogP contribution in [0.1, 0.15) is 46.3 Å². The van der Waals surface area contributed by atoms with Crippen molar-refractivity contribution in [2.75, 3.05) is 30.8 Å². The number of carbonyl (C=O) groups is 2. The van der Waals surface area contributed by atoms with Crippen LogP contribution in [0.3, 0.4) is 0 Å². The molecule has 1 amide bonds. The van der Waals surface area contributed by atoms with E-state index in [0.29, 0.717) is 28.1 Å². The Morgan fingerprint density at radius 2 is 1.69 bits per heavy atom. The van der Waals surface area contributed by atoms with Gasteiger partial charge in [0.15, 0.2) is 0 Å². The molecule has 0 aliphatic carbocycles. The maximum Gasteiger partial charge on any atom is 0.337 e. The Kier molecular flexibility index (Phi) is 6.64. The topological polar surface area (TPSA) is 70.7 Å². The third-order valence-corrected chi connectivity index (χ3v) is 6.58. The first-order valence-corrected chi connectivity index (χ1v) is 12.0. The molecule has 6 heteroatoms. The highest BCUT2D eigenvalue weighted by Gasteiger charge is 2.29. The van der Waals surface area contributed by atoms with Crippen LogP contribution in [0.5, 0.6) is 0 Å². The largest absolute Gasteiger partial charge is 0.465 e. The summed E-state index contributed by atoms with van der Waals surface area (Å²) in [4.78, 5) is 27.8. The number of rotatable bonds is 6. The van der Waals surface area contributed by atoms with Gasteiger partial charge in [-0.1, -0.05) is 48.9 Å². The van der Waals surface area contributed by atoms with Crippen molar-refractivity contribution in [1.29, 1.82) is 0 Å². The highest BCUT2D eigenvalue weighted by Crippen LogP contribution is 2.38. The van der Waals surface area contributed by atoms with E-state index < -0.39 is 5.97 Å². The lowest BCUT2D eigenvalue weighted by Crippen LogP contribution is -2.29. The lowest BCUT2D eigenvalue weighted by atomic mass is 9.98. The van der Waals surface area contributed by atoms with Gasteiger partial charge in [0.05, 0.1) is 23.9 Å². The molecule has 5 rings (SSSR count). The van der Waals surface area contributed by atoms with E-state index in [2.05, 4.69) is 39.8 Å². The first kappa shape index (κ1) is 22.9. The molecule has 6 nitrogen and oxygen atoms in total. The molecule has 0 saturated carbocycles. The van der Waals surface area contributed by atoms with Crippen LogP contribution in [0.15, 0.2) is 72.8 Å². The normalized spacial score (nSPS) is 16.9. The number of ether oxygens (including phenoxy) is 1. The molecule has 35 heavy (non-hydrogen) atoms. The Hall–Kier alpha value is -3.90. The maximum atomic E-state index is 13.1. The van der Waals surface area contributed by atoms with Crippen molar-refractivity contribution < 1.29 is 14.3 Å². The van der Waals surface area contributed by atoms with E-state index in [-0.39, 0.29) is 5.91 Å².